The van der Waals surface area contributed by atoms with Gasteiger partial charge in [0.1, 0.15) is 12.1 Å². The van der Waals surface area contributed by atoms with Gasteiger partial charge in [-0.2, -0.15) is 0 Å². The molecule has 1 aromatic carbocycles. The number of hydrogen-bond acceptors (Lipinski definition) is 5. The molecule has 1 fully saturated rings. The van der Waals surface area contributed by atoms with Gasteiger partial charge in [0.15, 0.2) is 0 Å². The number of rotatable bonds is 7. The summed E-state index contributed by atoms with van der Waals surface area (Å²) >= 11 is 0. The van der Waals surface area contributed by atoms with Crippen molar-refractivity contribution in [2.75, 3.05) is 12.4 Å². The summed E-state index contributed by atoms with van der Waals surface area (Å²) in [5.74, 6) is 0.840. The molecular weight excluding hydrogens is 290 g/mol. The summed E-state index contributed by atoms with van der Waals surface area (Å²) in [7, 11) is 1.67. The van der Waals surface area contributed by atoms with Crippen LogP contribution in [0.1, 0.15) is 30.5 Å². The van der Waals surface area contributed by atoms with Crippen LogP contribution in [0.15, 0.2) is 42.7 Å². The molecule has 23 heavy (non-hydrogen) atoms. The molecule has 0 amide bonds. The minimum Gasteiger partial charge on any atom is -0.378 e. The second kappa shape index (κ2) is 8.04. The molecule has 2 atom stereocenters. The van der Waals surface area contributed by atoms with Gasteiger partial charge in [0.05, 0.1) is 31.1 Å². The van der Waals surface area contributed by atoms with Crippen molar-refractivity contribution in [3.05, 3.63) is 54.0 Å². The molecule has 5 heteroatoms. The fourth-order valence-corrected chi connectivity index (χ4v) is 2.96. The normalized spacial score (nSPS) is 20.6. The molecule has 0 saturated heterocycles. The molecule has 1 N–H and O–H groups in total. The minimum atomic E-state index is 0.219. The van der Waals surface area contributed by atoms with Gasteiger partial charge in [-0.05, 0) is 24.8 Å². The van der Waals surface area contributed by atoms with Crippen LogP contribution < -0.4 is 5.32 Å². The second-order valence-electron chi connectivity index (χ2n) is 5.84. The Balaban J connectivity index is 1.57. The summed E-state index contributed by atoms with van der Waals surface area (Å²) in [4.78, 5) is 8.50. The Morgan fingerprint density at radius 2 is 2.00 bits per heavy atom. The Morgan fingerprint density at radius 3 is 2.83 bits per heavy atom. The van der Waals surface area contributed by atoms with Crippen molar-refractivity contribution in [1.82, 2.24) is 9.97 Å². The number of hydrogen-bond donors (Lipinski definition) is 1. The van der Waals surface area contributed by atoms with Crippen molar-refractivity contribution in [2.24, 2.45) is 0 Å². The summed E-state index contributed by atoms with van der Waals surface area (Å²) < 4.78 is 11.2. The van der Waals surface area contributed by atoms with Crippen molar-refractivity contribution in [1.29, 1.82) is 0 Å². The van der Waals surface area contributed by atoms with E-state index < -0.39 is 0 Å². The zero-order valence-electron chi connectivity index (χ0n) is 13.4. The van der Waals surface area contributed by atoms with E-state index in [0.29, 0.717) is 19.3 Å². The zero-order chi connectivity index (χ0) is 15.9. The van der Waals surface area contributed by atoms with Crippen LogP contribution in [0.3, 0.4) is 0 Å². The Kier molecular flexibility index (Phi) is 5.56. The van der Waals surface area contributed by atoms with Crippen molar-refractivity contribution in [3.8, 4) is 0 Å². The van der Waals surface area contributed by atoms with Crippen LogP contribution in [0.25, 0.3) is 0 Å². The average Bonchev–Trinajstić information content (AvgIpc) is 3.02. The first-order valence-electron chi connectivity index (χ1n) is 8.07. The van der Waals surface area contributed by atoms with Crippen molar-refractivity contribution >= 4 is 5.82 Å². The SMILES string of the molecule is COCc1cc(N[C@@H]2CCC[C@H]2OCc2ccccc2)ncn1. The van der Waals surface area contributed by atoms with Gasteiger partial charge in [0.25, 0.3) is 0 Å². The molecule has 1 aliphatic rings. The Hall–Kier alpha value is -1.98. The molecule has 0 spiro atoms. The predicted molar refractivity (Wildman–Crippen MR) is 89.0 cm³/mol. The highest BCUT2D eigenvalue weighted by Crippen LogP contribution is 2.26. The Bertz CT molecular complexity index is 606. The number of nitrogens with one attached hydrogen (secondary N) is 1. The summed E-state index contributed by atoms with van der Waals surface area (Å²) in [5.41, 5.74) is 2.09. The Morgan fingerprint density at radius 1 is 1.13 bits per heavy atom. The number of nitrogens with zero attached hydrogens (tertiary/aromatic N) is 2. The summed E-state index contributed by atoms with van der Waals surface area (Å²) in [6, 6.07) is 12.5. The van der Waals surface area contributed by atoms with E-state index in [2.05, 4.69) is 27.4 Å². The van der Waals surface area contributed by atoms with E-state index in [4.69, 9.17) is 9.47 Å². The molecule has 1 heterocycles. The number of anilines is 1. The topological polar surface area (TPSA) is 56.3 Å². The lowest BCUT2D eigenvalue weighted by Gasteiger charge is -2.22. The lowest BCUT2D eigenvalue weighted by Crippen LogP contribution is -2.31. The van der Waals surface area contributed by atoms with Crippen LogP contribution in [0.2, 0.25) is 0 Å². The molecule has 1 saturated carbocycles. The third-order valence-electron chi connectivity index (χ3n) is 4.11. The van der Waals surface area contributed by atoms with Crippen LogP contribution in [0.5, 0.6) is 0 Å². The number of benzene rings is 1. The first-order chi connectivity index (χ1) is 11.3. The maximum atomic E-state index is 6.12. The number of aromatic nitrogens is 2. The van der Waals surface area contributed by atoms with Gasteiger partial charge >= 0.3 is 0 Å². The Labute approximate surface area is 137 Å². The maximum Gasteiger partial charge on any atom is 0.129 e. The minimum absolute atomic E-state index is 0.219. The highest BCUT2D eigenvalue weighted by atomic mass is 16.5. The van der Waals surface area contributed by atoms with Crippen LogP contribution >= 0.6 is 0 Å². The molecule has 2 aromatic rings. The van der Waals surface area contributed by atoms with Crippen molar-refractivity contribution in [2.45, 2.75) is 44.6 Å². The standard InChI is InChI=1S/C18H23N3O2/c1-22-12-15-10-18(20-13-19-15)21-16-8-5-9-17(16)23-11-14-6-3-2-4-7-14/h2-4,6-7,10,13,16-17H,5,8-9,11-12H2,1H3,(H,19,20,21)/t16-,17-/m1/s1. The fourth-order valence-electron chi connectivity index (χ4n) is 2.96. The molecule has 3 rings (SSSR count). The monoisotopic (exact) mass is 313 g/mol. The van der Waals surface area contributed by atoms with E-state index in [1.807, 2.05) is 24.3 Å². The maximum absolute atomic E-state index is 6.12. The number of ether oxygens (including phenoxy) is 2. The molecule has 0 radical (unpaired) electrons. The molecule has 5 nitrogen and oxygen atoms in total. The van der Waals surface area contributed by atoms with E-state index in [-0.39, 0.29) is 6.10 Å². The molecule has 1 aromatic heterocycles. The highest BCUT2D eigenvalue weighted by molar-refractivity contribution is 5.36. The molecule has 0 unspecified atom stereocenters. The lowest BCUT2D eigenvalue weighted by molar-refractivity contribution is 0.0394. The first kappa shape index (κ1) is 15.9. The molecule has 122 valence electrons. The summed E-state index contributed by atoms with van der Waals surface area (Å²) in [6.45, 7) is 1.15. The van der Waals surface area contributed by atoms with Crippen molar-refractivity contribution < 1.29 is 9.47 Å². The quantitative estimate of drug-likeness (QED) is 0.851. The van der Waals surface area contributed by atoms with E-state index in [0.717, 1.165) is 24.4 Å². The molecule has 0 bridgehead atoms. The van der Waals surface area contributed by atoms with E-state index in [1.54, 1.807) is 13.4 Å². The first-order valence-corrected chi connectivity index (χ1v) is 8.07. The van der Waals surface area contributed by atoms with Gasteiger partial charge < -0.3 is 14.8 Å². The van der Waals surface area contributed by atoms with E-state index in [1.165, 1.54) is 12.0 Å². The average molecular weight is 313 g/mol. The van der Waals surface area contributed by atoms with Crippen LogP contribution in [-0.4, -0.2) is 29.2 Å². The zero-order valence-corrected chi connectivity index (χ0v) is 13.4. The van der Waals surface area contributed by atoms with Crippen LogP contribution in [0.4, 0.5) is 5.82 Å². The van der Waals surface area contributed by atoms with Crippen molar-refractivity contribution in [3.63, 3.8) is 0 Å². The van der Waals surface area contributed by atoms with Gasteiger partial charge in [-0.1, -0.05) is 30.3 Å². The third kappa shape index (κ3) is 4.50. The van der Waals surface area contributed by atoms with E-state index >= 15 is 0 Å². The van der Waals surface area contributed by atoms with Gasteiger partial charge in [-0.3, -0.25) is 0 Å². The number of methoxy groups -OCH3 is 1. The highest BCUT2D eigenvalue weighted by Gasteiger charge is 2.28. The van der Waals surface area contributed by atoms with Gasteiger partial charge in [0, 0.05) is 13.2 Å². The predicted octanol–water partition coefficient (Wildman–Crippen LogP) is 3.17. The largest absolute Gasteiger partial charge is 0.378 e. The van der Waals surface area contributed by atoms with Crippen LogP contribution in [0, 0.1) is 0 Å². The van der Waals surface area contributed by atoms with Gasteiger partial charge in [0.2, 0.25) is 0 Å². The second-order valence-corrected chi connectivity index (χ2v) is 5.84. The lowest BCUT2D eigenvalue weighted by atomic mass is 10.2. The third-order valence-corrected chi connectivity index (χ3v) is 4.11. The molecule has 0 aliphatic heterocycles. The molecule has 1 aliphatic carbocycles. The van der Waals surface area contributed by atoms with E-state index in [9.17, 15) is 0 Å². The molecular formula is C18H23N3O2. The van der Waals surface area contributed by atoms with Crippen LogP contribution in [-0.2, 0) is 22.7 Å². The smallest absolute Gasteiger partial charge is 0.129 e. The van der Waals surface area contributed by atoms with Gasteiger partial charge in [-0.25, -0.2) is 9.97 Å². The summed E-state index contributed by atoms with van der Waals surface area (Å²) in [6.07, 6.45) is 5.15. The fraction of sp³-hybridized carbons (Fsp3) is 0.444. The summed E-state index contributed by atoms with van der Waals surface area (Å²) in [5, 5.41) is 3.49. The van der Waals surface area contributed by atoms with Gasteiger partial charge in [-0.15, -0.1) is 0 Å².